The molecule has 0 radical (unpaired) electrons. The van der Waals surface area contributed by atoms with Crippen LogP contribution in [0.4, 0.5) is 17.6 Å². The topological polar surface area (TPSA) is 116 Å². The smallest absolute Gasteiger partial charge is 0.227 e. The summed E-state index contributed by atoms with van der Waals surface area (Å²) in [5.74, 6) is 2.75. The molecule has 2 aromatic heterocycles. The molecular formula is C26H33N7O2S. The summed E-state index contributed by atoms with van der Waals surface area (Å²) in [5, 5.41) is 10.4. The Balaban J connectivity index is 1.03. The summed E-state index contributed by atoms with van der Waals surface area (Å²) in [4.78, 5) is 11.3. The number of nitrogens with zero attached hydrogens (tertiary/aromatic N) is 4. The molecule has 3 aliphatic rings. The average Bonchev–Trinajstić information content (AvgIpc) is 3.46. The fourth-order valence-corrected chi connectivity index (χ4v) is 7.22. The molecule has 0 amide bonds. The highest BCUT2D eigenvalue weighted by molar-refractivity contribution is 7.90. The standard InChI is InChI=1S/C26H33N7O2S/c1-33(26-27-13-12-24(29-26)28-25-16-23(30-31-25)17-6-7-17)21-10-8-20(9-11-21)32-36(34,35)22-14-18-4-2-3-5-19(18)15-22/h2-5,12-13,16-17,20-22,32H,6-11,14-15H2,1H3,(H2,27,28,29,30,31)/t20-,21-. The predicted molar refractivity (Wildman–Crippen MR) is 140 cm³/mol. The lowest BCUT2D eigenvalue weighted by Gasteiger charge is -2.35. The lowest BCUT2D eigenvalue weighted by Crippen LogP contribution is -2.46. The van der Waals surface area contributed by atoms with Crippen molar-refractivity contribution < 1.29 is 8.42 Å². The summed E-state index contributed by atoms with van der Waals surface area (Å²) in [5.41, 5.74) is 3.49. The molecule has 2 fully saturated rings. The number of rotatable bonds is 8. The molecule has 0 unspecified atom stereocenters. The van der Waals surface area contributed by atoms with Crippen LogP contribution in [0.3, 0.4) is 0 Å². The van der Waals surface area contributed by atoms with Gasteiger partial charge in [-0.15, -0.1) is 0 Å². The van der Waals surface area contributed by atoms with Crippen LogP contribution in [0.25, 0.3) is 0 Å². The minimum Gasteiger partial charge on any atom is -0.341 e. The van der Waals surface area contributed by atoms with E-state index in [4.69, 9.17) is 4.98 Å². The van der Waals surface area contributed by atoms with Gasteiger partial charge in [0.15, 0.2) is 5.82 Å². The fraction of sp³-hybridized carbons (Fsp3) is 0.500. The van der Waals surface area contributed by atoms with Gasteiger partial charge in [-0.25, -0.2) is 18.1 Å². The van der Waals surface area contributed by atoms with Gasteiger partial charge in [-0.2, -0.15) is 10.1 Å². The first-order valence-corrected chi connectivity index (χ1v) is 14.5. The SMILES string of the molecule is CN(c1nccc(Nc2cc(C3CC3)[nH]n2)n1)[C@H]1CC[C@H](NS(=O)(=O)C2Cc3ccccc3C2)CC1. The first kappa shape index (κ1) is 23.4. The number of fused-ring (bicyclic) bond motifs is 1. The molecule has 1 aromatic carbocycles. The zero-order chi connectivity index (χ0) is 24.7. The van der Waals surface area contributed by atoms with Crippen LogP contribution < -0.4 is 14.9 Å². The molecule has 0 atom stereocenters. The van der Waals surface area contributed by atoms with Crippen LogP contribution in [0.5, 0.6) is 0 Å². The van der Waals surface area contributed by atoms with Crippen LogP contribution in [0.1, 0.15) is 61.3 Å². The first-order chi connectivity index (χ1) is 17.4. The summed E-state index contributed by atoms with van der Waals surface area (Å²) in [6.07, 6.45) is 8.81. The Morgan fingerprint density at radius 2 is 1.69 bits per heavy atom. The summed E-state index contributed by atoms with van der Waals surface area (Å²) in [6, 6.07) is 12.2. The van der Waals surface area contributed by atoms with Crippen molar-refractivity contribution in [1.82, 2.24) is 24.9 Å². The van der Waals surface area contributed by atoms with Gasteiger partial charge in [0.2, 0.25) is 16.0 Å². The summed E-state index contributed by atoms with van der Waals surface area (Å²) < 4.78 is 29.2. The first-order valence-electron chi connectivity index (χ1n) is 12.9. The Labute approximate surface area is 212 Å². The second kappa shape index (κ2) is 9.48. The van der Waals surface area contributed by atoms with Crippen LogP contribution in [-0.2, 0) is 22.9 Å². The Bertz CT molecular complexity index is 1300. The number of nitrogens with one attached hydrogen (secondary N) is 3. The maximum atomic E-state index is 13.1. The lowest BCUT2D eigenvalue weighted by atomic mass is 9.91. The number of hydrogen-bond acceptors (Lipinski definition) is 7. The van der Waals surface area contributed by atoms with E-state index in [0.29, 0.717) is 30.5 Å². The van der Waals surface area contributed by atoms with Crippen molar-refractivity contribution in [1.29, 1.82) is 0 Å². The molecule has 3 aromatic rings. The van der Waals surface area contributed by atoms with Crippen molar-refractivity contribution in [2.75, 3.05) is 17.3 Å². The Morgan fingerprint density at radius 3 is 2.39 bits per heavy atom. The molecule has 0 aliphatic heterocycles. The van der Waals surface area contributed by atoms with Gasteiger partial charge in [0.25, 0.3) is 0 Å². The maximum Gasteiger partial charge on any atom is 0.227 e. The number of hydrogen-bond donors (Lipinski definition) is 3. The molecule has 6 rings (SSSR count). The third kappa shape index (κ3) is 4.97. The number of H-pyrrole nitrogens is 1. The van der Waals surface area contributed by atoms with Gasteiger partial charge in [0.05, 0.1) is 5.25 Å². The van der Waals surface area contributed by atoms with Crippen LogP contribution in [0.15, 0.2) is 42.6 Å². The highest BCUT2D eigenvalue weighted by atomic mass is 32.2. The van der Waals surface area contributed by atoms with Gasteiger partial charge in [-0.3, -0.25) is 5.10 Å². The van der Waals surface area contributed by atoms with Gasteiger partial charge >= 0.3 is 0 Å². The predicted octanol–water partition coefficient (Wildman–Crippen LogP) is 3.65. The number of aromatic nitrogens is 4. The van der Waals surface area contributed by atoms with Crippen LogP contribution in [0, 0.1) is 0 Å². The van der Waals surface area contributed by atoms with E-state index in [1.807, 2.05) is 37.4 Å². The molecule has 190 valence electrons. The molecule has 0 saturated heterocycles. The van der Waals surface area contributed by atoms with E-state index in [-0.39, 0.29) is 17.3 Å². The third-order valence-electron chi connectivity index (χ3n) is 7.86. The highest BCUT2D eigenvalue weighted by Gasteiger charge is 2.35. The van der Waals surface area contributed by atoms with E-state index in [1.54, 1.807) is 6.20 Å². The Morgan fingerprint density at radius 1 is 0.972 bits per heavy atom. The lowest BCUT2D eigenvalue weighted by molar-refractivity contribution is 0.362. The molecule has 0 spiro atoms. The quantitative estimate of drug-likeness (QED) is 0.426. The molecular weight excluding hydrogens is 474 g/mol. The normalized spacial score (nSPS) is 22.4. The van der Waals surface area contributed by atoms with Gasteiger partial charge < -0.3 is 10.2 Å². The largest absolute Gasteiger partial charge is 0.341 e. The van der Waals surface area contributed by atoms with Crippen LogP contribution in [-0.4, -0.2) is 53.0 Å². The van der Waals surface area contributed by atoms with Crippen molar-refractivity contribution in [2.24, 2.45) is 0 Å². The number of benzene rings is 1. The second-order valence-electron chi connectivity index (χ2n) is 10.4. The fourth-order valence-electron chi connectivity index (χ4n) is 5.53. The second-order valence-corrected chi connectivity index (χ2v) is 12.4. The molecule has 3 N–H and O–H groups in total. The van der Waals surface area contributed by atoms with Crippen LogP contribution in [0.2, 0.25) is 0 Å². The van der Waals surface area contributed by atoms with Gasteiger partial charge in [0.1, 0.15) is 5.82 Å². The minimum absolute atomic E-state index is 0.0161. The van der Waals surface area contributed by atoms with Crippen LogP contribution >= 0.6 is 0 Å². The minimum atomic E-state index is -3.36. The van der Waals surface area contributed by atoms with Crippen molar-refractivity contribution >= 4 is 27.6 Å². The Kier molecular flexibility index (Phi) is 6.17. The molecule has 10 heteroatoms. The molecule has 36 heavy (non-hydrogen) atoms. The summed E-state index contributed by atoms with van der Waals surface area (Å²) in [7, 11) is -1.34. The summed E-state index contributed by atoms with van der Waals surface area (Å²) in [6.45, 7) is 0. The van der Waals surface area contributed by atoms with Crippen molar-refractivity contribution in [3.05, 3.63) is 59.4 Å². The molecule has 2 saturated carbocycles. The van der Waals surface area contributed by atoms with E-state index < -0.39 is 10.0 Å². The van der Waals surface area contributed by atoms with E-state index in [1.165, 1.54) is 18.5 Å². The zero-order valence-corrected chi connectivity index (χ0v) is 21.3. The van der Waals surface area contributed by atoms with Gasteiger partial charge in [-0.1, -0.05) is 24.3 Å². The zero-order valence-electron chi connectivity index (χ0n) is 20.5. The third-order valence-corrected chi connectivity index (χ3v) is 9.73. The van der Waals surface area contributed by atoms with Crippen molar-refractivity contribution in [3.63, 3.8) is 0 Å². The van der Waals surface area contributed by atoms with E-state index >= 15 is 0 Å². The Hall–Kier alpha value is -2.98. The molecule has 0 bridgehead atoms. The van der Waals surface area contributed by atoms with Gasteiger partial charge in [-0.05, 0) is 68.6 Å². The van der Waals surface area contributed by atoms with E-state index in [2.05, 4.69) is 36.2 Å². The monoisotopic (exact) mass is 507 g/mol. The molecule has 9 nitrogen and oxygen atoms in total. The van der Waals surface area contributed by atoms with E-state index in [0.717, 1.165) is 42.6 Å². The number of sulfonamides is 1. The molecule has 3 aliphatic carbocycles. The number of anilines is 3. The summed E-state index contributed by atoms with van der Waals surface area (Å²) >= 11 is 0. The van der Waals surface area contributed by atoms with Gasteiger partial charge in [0, 0.05) is 43.0 Å². The van der Waals surface area contributed by atoms with Crippen molar-refractivity contribution in [3.8, 4) is 0 Å². The maximum absolute atomic E-state index is 13.1. The molecule has 2 heterocycles. The average molecular weight is 508 g/mol. The van der Waals surface area contributed by atoms with Crippen molar-refractivity contribution in [2.45, 2.75) is 74.6 Å². The van der Waals surface area contributed by atoms with E-state index in [9.17, 15) is 8.42 Å². The highest BCUT2D eigenvalue weighted by Crippen LogP contribution is 2.39. The number of aromatic amines is 1.